The zero-order chi connectivity index (χ0) is 17.4. The summed E-state index contributed by atoms with van der Waals surface area (Å²) in [4.78, 5) is 12.4. The van der Waals surface area contributed by atoms with Crippen molar-refractivity contribution in [1.29, 1.82) is 0 Å². The molecule has 8 heteroatoms. The molecule has 1 amide bonds. The molecular weight excluding hydrogens is 346 g/mol. The largest absolute Gasteiger partial charge is 0.490 e. The number of benzene rings is 1. The molecule has 0 aliphatic rings. The Kier molecular flexibility index (Phi) is 7.33. The van der Waals surface area contributed by atoms with E-state index in [2.05, 4.69) is 22.4 Å². The summed E-state index contributed by atoms with van der Waals surface area (Å²) < 4.78 is 11.9. The summed E-state index contributed by atoms with van der Waals surface area (Å²) >= 11 is 3.01. The van der Waals surface area contributed by atoms with E-state index in [1.54, 1.807) is 30.0 Å². The summed E-state index contributed by atoms with van der Waals surface area (Å²) in [5.74, 6) is 1.93. The highest BCUT2D eigenvalue weighted by atomic mass is 32.2. The lowest BCUT2D eigenvalue weighted by molar-refractivity contribution is 0.102. The van der Waals surface area contributed by atoms with Gasteiger partial charge in [-0.15, -0.1) is 10.2 Å². The Hall–Kier alpha value is -1.80. The molecule has 0 saturated heterocycles. The molecule has 0 saturated carbocycles. The van der Waals surface area contributed by atoms with Crippen LogP contribution in [0.3, 0.4) is 0 Å². The molecule has 0 spiro atoms. The second kappa shape index (κ2) is 9.48. The molecule has 0 radical (unpaired) electrons. The number of nitrogens with one attached hydrogen (secondary N) is 1. The van der Waals surface area contributed by atoms with Crippen molar-refractivity contribution in [2.45, 2.75) is 31.5 Å². The van der Waals surface area contributed by atoms with Crippen LogP contribution in [-0.2, 0) is 0 Å². The molecule has 0 unspecified atom stereocenters. The van der Waals surface area contributed by atoms with E-state index in [1.807, 2.05) is 13.8 Å². The van der Waals surface area contributed by atoms with Gasteiger partial charge in [-0.05, 0) is 38.5 Å². The fourth-order valence-electron chi connectivity index (χ4n) is 1.87. The van der Waals surface area contributed by atoms with Crippen molar-refractivity contribution in [3.05, 3.63) is 23.8 Å². The second-order valence-electron chi connectivity index (χ2n) is 4.70. The second-order valence-corrected chi connectivity index (χ2v) is 7.02. The van der Waals surface area contributed by atoms with Crippen LogP contribution in [0.4, 0.5) is 5.13 Å². The number of ether oxygens (including phenoxy) is 2. The van der Waals surface area contributed by atoms with Crippen LogP contribution >= 0.6 is 23.1 Å². The van der Waals surface area contributed by atoms with Gasteiger partial charge in [0.25, 0.3) is 5.91 Å². The summed E-state index contributed by atoms with van der Waals surface area (Å²) in [6.07, 6.45) is 1.07. The van der Waals surface area contributed by atoms with Gasteiger partial charge in [-0.1, -0.05) is 30.0 Å². The quantitative estimate of drug-likeness (QED) is 0.531. The van der Waals surface area contributed by atoms with E-state index in [-0.39, 0.29) is 5.91 Å². The first-order chi connectivity index (χ1) is 11.7. The number of carbonyl (C=O) groups excluding carboxylic acids is 1. The van der Waals surface area contributed by atoms with E-state index in [1.165, 1.54) is 11.3 Å². The van der Waals surface area contributed by atoms with Crippen molar-refractivity contribution in [1.82, 2.24) is 10.2 Å². The number of nitrogens with zero attached hydrogens (tertiary/aromatic N) is 2. The first-order valence-corrected chi connectivity index (χ1v) is 9.65. The Bertz CT molecular complexity index is 676. The number of carbonyl (C=O) groups is 1. The van der Waals surface area contributed by atoms with Gasteiger partial charge in [0.1, 0.15) is 0 Å². The van der Waals surface area contributed by atoms with Crippen LogP contribution in [0.1, 0.15) is 37.6 Å². The van der Waals surface area contributed by atoms with Gasteiger partial charge in [0.15, 0.2) is 15.8 Å². The van der Waals surface area contributed by atoms with Crippen molar-refractivity contribution >= 4 is 34.1 Å². The van der Waals surface area contributed by atoms with Crippen LogP contribution in [0.5, 0.6) is 11.5 Å². The minimum atomic E-state index is -0.248. The van der Waals surface area contributed by atoms with E-state index in [4.69, 9.17) is 9.47 Å². The minimum Gasteiger partial charge on any atom is -0.490 e. The monoisotopic (exact) mass is 367 g/mol. The van der Waals surface area contributed by atoms with Crippen LogP contribution in [0, 0.1) is 0 Å². The predicted octanol–water partition coefficient (Wildman–Crippen LogP) is 4.09. The third-order valence-electron chi connectivity index (χ3n) is 2.86. The number of amides is 1. The molecule has 1 N–H and O–H groups in total. The minimum absolute atomic E-state index is 0.248. The zero-order valence-corrected chi connectivity index (χ0v) is 15.6. The maximum Gasteiger partial charge on any atom is 0.257 e. The highest BCUT2D eigenvalue weighted by molar-refractivity contribution is 8.01. The van der Waals surface area contributed by atoms with Crippen molar-refractivity contribution in [2.24, 2.45) is 0 Å². The standard InChI is InChI=1S/C16H21N3O3S2/c1-4-9-23-16-19-18-15(24-16)17-14(20)11-7-8-12(21-5-2)13(10-11)22-6-3/h7-8,10H,4-6,9H2,1-3H3,(H,17,18,20). The lowest BCUT2D eigenvalue weighted by Crippen LogP contribution is -2.12. The van der Waals surface area contributed by atoms with Crippen LogP contribution in [0.15, 0.2) is 22.5 Å². The average Bonchev–Trinajstić information content (AvgIpc) is 3.02. The van der Waals surface area contributed by atoms with E-state index in [9.17, 15) is 4.79 Å². The van der Waals surface area contributed by atoms with Crippen molar-refractivity contribution in [3.8, 4) is 11.5 Å². The Balaban J connectivity index is 2.08. The van der Waals surface area contributed by atoms with Gasteiger partial charge < -0.3 is 9.47 Å². The summed E-state index contributed by atoms with van der Waals surface area (Å²) in [7, 11) is 0. The Morgan fingerprint density at radius 1 is 1.17 bits per heavy atom. The number of hydrogen-bond acceptors (Lipinski definition) is 7. The maximum atomic E-state index is 12.4. The lowest BCUT2D eigenvalue weighted by Gasteiger charge is -2.12. The summed E-state index contributed by atoms with van der Waals surface area (Å²) in [5.41, 5.74) is 0.486. The maximum absolute atomic E-state index is 12.4. The molecular formula is C16H21N3O3S2. The molecule has 0 fully saturated rings. The van der Waals surface area contributed by atoms with E-state index in [0.29, 0.717) is 35.4 Å². The molecule has 1 heterocycles. The lowest BCUT2D eigenvalue weighted by atomic mass is 10.2. The smallest absolute Gasteiger partial charge is 0.257 e. The van der Waals surface area contributed by atoms with Crippen LogP contribution in [-0.4, -0.2) is 35.1 Å². The molecule has 0 aliphatic heterocycles. The first kappa shape index (κ1) is 18.5. The fourth-order valence-corrected chi connectivity index (χ4v) is 3.54. The molecule has 1 aromatic heterocycles. The fraction of sp³-hybridized carbons (Fsp3) is 0.438. The summed E-state index contributed by atoms with van der Waals surface area (Å²) in [5, 5.41) is 11.3. The van der Waals surface area contributed by atoms with Crippen molar-refractivity contribution in [2.75, 3.05) is 24.3 Å². The first-order valence-electron chi connectivity index (χ1n) is 7.85. The number of anilines is 1. The number of hydrogen-bond donors (Lipinski definition) is 1. The SMILES string of the molecule is CCCSc1nnc(NC(=O)c2ccc(OCC)c(OCC)c2)s1. The summed E-state index contributed by atoms with van der Waals surface area (Å²) in [6.45, 7) is 6.94. The molecule has 0 aliphatic carbocycles. The molecule has 130 valence electrons. The molecule has 0 bridgehead atoms. The summed E-state index contributed by atoms with van der Waals surface area (Å²) in [6, 6.07) is 5.13. The molecule has 6 nitrogen and oxygen atoms in total. The normalized spacial score (nSPS) is 10.5. The van der Waals surface area contributed by atoms with Crippen molar-refractivity contribution < 1.29 is 14.3 Å². The molecule has 0 atom stereocenters. The highest BCUT2D eigenvalue weighted by Gasteiger charge is 2.14. The Morgan fingerprint density at radius 3 is 2.62 bits per heavy atom. The van der Waals surface area contributed by atoms with Crippen molar-refractivity contribution in [3.63, 3.8) is 0 Å². The molecule has 2 aromatic rings. The van der Waals surface area contributed by atoms with Crippen LogP contribution < -0.4 is 14.8 Å². The number of aromatic nitrogens is 2. The van der Waals surface area contributed by atoms with Gasteiger partial charge in [-0.2, -0.15) is 0 Å². The van der Waals surface area contributed by atoms with Gasteiger partial charge in [0.05, 0.1) is 13.2 Å². The van der Waals surface area contributed by atoms with Gasteiger partial charge in [0.2, 0.25) is 5.13 Å². The van der Waals surface area contributed by atoms with Crippen LogP contribution in [0.25, 0.3) is 0 Å². The molecule has 2 rings (SSSR count). The third-order valence-corrected chi connectivity index (χ3v) is 5.04. The topological polar surface area (TPSA) is 73.3 Å². The Labute approximate surface area is 150 Å². The van der Waals surface area contributed by atoms with Gasteiger partial charge in [-0.3, -0.25) is 10.1 Å². The van der Waals surface area contributed by atoms with E-state index in [0.717, 1.165) is 16.5 Å². The average molecular weight is 367 g/mol. The highest BCUT2D eigenvalue weighted by Crippen LogP contribution is 2.30. The molecule has 1 aromatic carbocycles. The number of rotatable bonds is 9. The van der Waals surface area contributed by atoms with Gasteiger partial charge in [0, 0.05) is 11.3 Å². The number of thioether (sulfide) groups is 1. The predicted molar refractivity (Wildman–Crippen MR) is 97.7 cm³/mol. The van der Waals surface area contributed by atoms with Gasteiger partial charge >= 0.3 is 0 Å². The van der Waals surface area contributed by atoms with Gasteiger partial charge in [-0.25, -0.2) is 0 Å². The zero-order valence-electron chi connectivity index (χ0n) is 14.0. The third kappa shape index (κ3) is 5.10. The van der Waals surface area contributed by atoms with E-state index < -0.39 is 0 Å². The van der Waals surface area contributed by atoms with E-state index >= 15 is 0 Å². The molecule has 24 heavy (non-hydrogen) atoms. The Morgan fingerprint density at radius 2 is 1.92 bits per heavy atom. The van der Waals surface area contributed by atoms with Crippen LogP contribution in [0.2, 0.25) is 0 Å².